The highest BCUT2D eigenvalue weighted by molar-refractivity contribution is 5.83. The zero-order chi connectivity index (χ0) is 16.2. The smallest absolute Gasteiger partial charge is 0.149 e. The zero-order valence-electron chi connectivity index (χ0n) is 15.0. The highest BCUT2D eigenvalue weighted by Gasteiger charge is 2.33. The largest absolute Gasteiger partial charge is 0.316 e. The van der Waals surface area contributed by atoms with Crippen LogP contribution in [0.25, 0.3) is 0 Å². The van der Waals surface area contributed by atoms with Gasteiger partial charge < -0.3 is 5.73 Å². The molecule has 2 aliphatic carbocycles. The second-order valence-corrected chi connectivity index (χ2v) is 8.64. The number of nitrogens with two attached hydrogens (primary N) is 1. The van der Waals surface area contributed by atoms with Gasteiger partial charge in [-0.15, -0.1) is 0 Å². The van der Waals surface area contributed by atoms with E-state index in [1.807, 2.05) is 0 Å². The molecule has 2 N–H and O–H groups in total. The van der Waals surface area contributed by atoms with Gasteiger partial charge in [0, 0.05) is 12.5 Å². The molecule has 2 saturated carbocycles. The fraction of sp³-hybridized carbons (Fsp3) is 0.950. The number of ketones is 1. The van der Waals surface area contributed by atoms with Crippen LogP contribution < -0.4 is 5.73 Å². The topological polar surface area (TPSA) is 46.3 Å². The first-order valence-corrected chi connectivity index (χ1v) is 10.2. The van der Waals surface area contributed by atoms with Crippen molar-refractivity contribution in [3.63, 3.8) is 0 Å². The Hall–Kier alpha value is -0.410. The molecule has 3 rings (SSSR count). The Kier molecular flexibility index (Phi) is 6.14. The molecule has 0 spiro atoms. The summed E-state index contributed by atoms with van der Waals surface area (Å²) >= 11 is 0. The first kappa shape index (κ1) is 17.4. The Labute approximate surface area is 142 Å². The van der Waals surface area contributed by atoms with Crippen LogP contribution in [0, 0.1) is 23.7 Å². The van der Waals surface area contributed by atoms with Crippen molar-refractivity contribution >= 4 is 5.78 Å². The molecule has 23 heavy (non-hydrogen) atoms. The number of hydrogen-bond acceptors (Lipinski definition) is 3. The van der Waals surface area contributed by atoms with E-state index < -0.39 is 0 Å². The first-order chi connectivity index (χ1) is 11.1. The number of Topliss-reactive ketones (excluding diaryl/α,β-unsaturated/α-hetero) is 1. The summed E-state index contributed by atoms with van der Waals surface area (Å²) in [7, 11) is 0. The minimum atomic E-state index is 0.0984. The third kappa shape index (κ3) is 4.57. The molecule has 2 atom stereocenters. The lowest BCUT2D eigenvalue weighted by Crippen LogP contribution is -2.50. The third-order valence-corrected chi connectivity index (χ3v) is 6.92. The standard InChI is InChI=1S/C20H36N2O/c1-15-11-12-22(20(21)13-15)14-19(23)18-9-7-17(8-10-18)16-5-3-2-4-6-16/h15-18,20H,2-14,21H2,1H3. The lowest BCUT2D eigenvalue weighted by Gasteiger charge is -2.38. The molecule has 0 aromatic rings. The van der Waals surface area contributed by atoms with Crippen LogP contribution in [0.4, 0.5) is 0 Å². The van der Waals surface area contributed by atoms with Crippen molar-refractivity contribution in [1.29, 1.82) is 0 Å². The van der Waals surface area contributed by atoms with Gasteiger partial charge in [0.1, 0.15) is 5.78 Å². The van der Waals surface area contributed by atoms with Crippen molar-refractivity contribution in [2.24, 2.45) is 29.4 Å². The molecule has 1 aliphatic heterocycles. The van der Waals surface area contributed by atoms with Gasteiger partial charge in [-0.25, -0.2) is 0 Å². The normalized spacial score (nSPS) is 37.7. The Bertz CT molecular complexity index is 383. The number of hydrogen-bond donors (Lipinski definition) is 1. The van der Waals surface area contributed by atoms with Crippen molar-refractivity contribution in [1.82, 2.24) is 4.90 Å². The van der Waals surface area contributed by atoms with Gasteiger partial charge >= 0.3 is 0 Å². The van der Waals surface area contributed by atoms with Gasteiger partial charge in [-0.1, -0.05) is 39.0 Å². The maximum absolute atomic E-state index is 12.7. The first-order valence-electron chi connectivity index (χ1n) is 10.2. The Morgan fingerprint density at radius 2 is 1.61 bits per heavy atom. The molecule has 1 heterocycles. The molecule has 1 saturated heterocycles. The molecule has 0 radical (unpaired) electrons. The monoisotopic (exact) mass is 320 g/mol. The van der Waals surface area contributed by atoms with E-state index in [0.717, 1.165) is 37.6 Å². The Balaban J connectivity index is 1.43. The van der Waals surface area contributed by atoms with E-state index in [9.17, 15) is 4.79 Å². The van der Waals surface area contributed by atoms with Crippen molar-refractivity contribution in [3.05, 3.63) is 0 Å². The number of piperidine rings is 1. The lowest BCUT2D eigenvalue weighted by atomic mass is 9.70. The molecular weight excluding hydrogens is 284 g/mol. The van der Waals surface area contributed by atoms with E-state index in [1.165, 1.54) is 51.4 Å². The summed E-state index contributed by atoms with van der Waals surface area (Å²) in [4.78, 5) is 14.9. The summed E-state index contributed by atoms with van der Waals surface area (Å²) in [5.41, 5.74) is 6.24. The lowest BCUT2D eigenvalue weighted by molar-refractivity contribution is -0.126. The average Bonchev–Trinajstić information content (AvgIpc) is 2.58. The fourth-order valence-electron chi connectivity index (χ4n) is 5.27. The van der Waals surface area contributed by atoms with E-state index in [1.54, 1.807) is 0 Å². The predicted octanol–water partition coefficient (Wildman–Crippen LogP) is 3.96. The van der Waals surface area contributed by atoms with Gasteiger partial charge in [-0.05, 0) is 56.3 Å². The van der Waals surface area contributed by atoms with Crippen molar-refractivity contribution in [3.8, 4) is 0 Å². The summed E-state index contributed by atoms with van der Waals surface area (Å²) in [6.45, 7) is 3.88. The van der Waals surface area contributed by atoms with Crippen LogP contribution in [0.3, 0.4) is 0 Å². The summed E-state index contributed by atoms with van der Waals surface area (Å²) in [6.07, 6.45) is 14.4. The summed E-state index contributed by atoms with van der Waals surface area (Å²) in [5.74, 6) is 3.38. The second-order valence-electron chi connectivity index (χ2n) is 8.64. The van der Waals surface area contributed by atoms with Gasteiger partial charge in [-0.2, -0.15) is 0 Å². The van der Waals surface area contributed by atoms with Crippen molar-refractivity contribution in [2.45, 2.75) is 83.7 Å². The van der Waals surface area contributed by atoms with E-state index in [-0.39, 0.29) is 6.17 Å². The van der Waals surface area contributed by atoms with Crippen molar-refractivity contribution in [2.75, 3.05) is 13.1 Å². The quantitative estimate of drug-likeness (QED) is 0.853. The van der Waals surface area contributed by atoms with E-state index in [0.29, 0.717) is 24.2 Å². The number of likely N-dealkylation sites (tertiary alicyclic amines) is 1. The van der Waals surface area contributed by atoms with Crippen LogP contribution in [0.15, 0.2) is 0 Å². The minimum absolute atomic E-state index is 0.0984. The minimum Gasteiger partial charge on any atom is -0.316 e. The second kappa shape index (κ2) is 8.11. The summed E-state index contributed by atoms with van der Waals surface area (Å²) in [6, 6.07) is 0. The summed E-state index contributed by atoms with van der Waals surface area (Å²) in [5, 5.41) is 0. The maximum Gasteiger partial charge on any atom is 0.149 e. The van der Waals surface area contributed by atoms with E-state index in [2.05, 4.69) is 11.8 Å². The molecule has 3 fully saturated rings. The van der Waals surface area contributed by atoms with Crippen LogP contribution in [0.2, 0.25) is 0 Å². The number of carbonyl (C=O) groups excluding carboxylic acids is 1. The maximum atomic E-state index is 12.7. The molecule has 3 aliphatic rings. The number of rotatable bonds is 4. The third-order valence-electron chi connectivity index (χ3n) is 6.92. The summed E-state index contributed by atoms with van der Waals surface area (Å²) < 4.78 is 0. The molecule has 0 amide bonds. The SMILES string of the molecule is CC1CCN(CC(=O)C2CCC(C3CCCCC3)CC2)C(N)C1. The Morgan fingerprint density at radius 1 is 0.957 bits per heavy atom. The number of carbonyl (C=O) groups is 1. The molecule has 132 valence electrons. The van der Waals surface area contributed by atoms with Crippen LogP contribution >= 0.6 is 0 Å². The average molecular weight is 321 g/mol. The molecular formula is C20H36N2O. The predicted molar refractivity (Wildman–Crippen MR) is 95.0 cm³/mol. The fourth-order valence-corrected chi connectivity index (χ4v) is 5.27. The van der Waals surface area contributed by atoms with Gasteiger partial charge in [-0.3, -0.25) is 9.69 Å². The molecule has 0 bridgehead atoms. The van der Waals surface area contributed by atoms with Crippen LogP contribution in [-0.2, 0) is 4.79 Å². The zero-order valence-corrected chi connectivity index (χ0v) is 15.0. The van der Waals surface area contributed by atoms with E-state index in [4.69, 9.17) is 5.73 Å². The van der Waals surface area contributed by atoms with Crippen LogP contribution in [-0.4, -0.2) is 29.9 Å². The van der Waals surface area contributed by atoms with Crippen LogP contribution in [0.1, 0.15) is 77.6 Å². The van der Waals surface area contributed by atoms with Gasteiger partial charge in [0.15, 0.2) is 0 Å². The highest BCUT2D eigenvalue weighted by Crippen LogP contribution is 2.40. The Morgan fingerprint density at radius 3 is 2.26 bits per heavy atom. The molecule has 2 unspecified atom stereocenters. The van der Waals surface area contributed by atoms with E-state index >= 15 is 0 Å². The number of nitrogens with zero attached hydrogens (tertiary/aromatic N) is 1. The molecule has 0 aromatic heterocycles. The molecule has 3 nitrogen and oxygen atoms in total. The molecule has 0 aromatic carbocycles. The van der Waals surface area contributed by atoms with Crippen LogP contribution in [0.5, 0.6) is 0 Å². The van der Waals surface area contributed by atoms with Crippen molar-refractivity contribution < 1.29 is 4.79 Å². The highest BCUT2D eigenvalue weighted by atomic mass is 16.1. The van der Waals surface area contributed by atoms with Gasteiger partial charge in [0.05, 0.1) is 12.7 Å². The van der Waals surface area contributed by atoms with Gasteiger partial charge in [0.25, 0.3) is 0 Å². The molecule has 3 heteroatoms. The van der Waals surface area contributed by atoms with Gasteiger partial charge in [0.2, 0.25) is 0 Å².